The Morgan fingerprint density at radius 1 is 1.30 bits per heavy atom. The first kappa shape index (κ1) is 15.3. The first-order chi connectivity index (χ1) is 9.67. The van der Waals surface area contributed by atoms with Crippen molar-refractivity contribution in [1.29, 1.82) is 0 Å². The summed E-state index contributed by atoms with van der Waals surface area (Å²) in [5, 5.41) is 3.48. The molecule has 0 aliphatic rings. The van der Waals surface area contributed by atoms with Crippen LogP contribution in [0.2, 0.25) is 0 Å². The molecule has 1 heterocycles. The molecule has 1 aromatic carbocycles. The number of halogens is 1. The minimum absolute atomic E-state index is 0.0584. The van der Waals surface area contributed by atoms with Crippen molar-refractivity contribution >= 4 is 15.9 Å². The van der Waals surface area contributed by atoms with Crippen molar-refractivity contribution in [2.45, 2.75) is 26.5 Å². The fourth-order valence-electron chi connectivity index (χ4n) is 2.27. The Bertz CT molecular complexity index is 565. The average molecular weight is 338 g/mol. The summed E-state index contributed by atoms with van der Waals surface area (Å²) in [6, 6.07) is 10.3. The van der Waals surface area contributed by atoms with Crippen LogP contribution in [0.3, 0.4) is 0 Å². The summed E-state index contributed by atoms with van der Waals surface area (Å²) in [4.78, 5) is 0. The molecule has 108 valence electrons. The minimum Gasteiger partial charge on any atom is -0.462 e. The fraction of sp³-hybridized carbons (Fsp3) is 0.375. The van der Waals surface area contributed by atoms with Gasteiger partial charge in [-0.05, 0) is 42.8 Å². The highest BCUT2D eigenvalue weighted by Crippen LogP contribution is 2.30. The van der Waals surface area contributed by atoms with E-state index in [0.29, 0.717) is 6.61 Å². The van der Waals surface area contributed by atoms with Gasteiger partial charge in [0.15, 0.2) is 0 Å². The zero-order chi connectivity index (χ0) is 14.5. The van der Waals surface area contributed by atoms with Crippen LogP contribution < -0.4 is 5.32 Å². The molecular formula is C16H20BrNO2. The van der Waals surface area contributed by atoms with Crippen LogP contribution >= 0.6 is 15.9 Å². The SMILES string of the molecule is CCNC(c1ccc(COC)o1)c1cccc(Br)c1C. The third-order valence-electron chi connectivity index (χ3n) is 3.28. The second-order valence-electron chi connectivity index (χ2n) is 4.68. The molecule has 0 spiro atoms. The zero-order valence-corrected chi connectivity index (χ0v) is 13.7. The van der Waals surface area contributed by atoms with Gasteiger partial charge >= 0.3 is 0 Å². The Balaban J connectivity index is 2.36. The molecule has 1 aromatic heterocycles. The van der Waals surface area contributed by atoms with Crippen LogP contribution in [0.4, 0.5) is 0 Å². The Morgan fingerprint density at radius 2 is 2.10 bits per heavy atom. The molecule has 1 atom stereocenters. The van der Waals surface area contributed by atoms with Gasteiger partial charge in [0.25, 0.3) is 0 Å². The molecule has 2 rings (SSSR count). The Labute approximate surface area is 128 Å². The van der Waals surface area contributed by atoms with Gasteiger partial charge in [-0.3, -0.25) is 0 Å². The Kier molecular flexibility index (Phi) is 5.40. The topological polar surface area (TPSA) is 34.4 Å². The van der Waals surface area contributed by atoms with E-state index in [4.69, 9.17) is 9.15 Å². The molecule has 0 radical (unpaired) electrons. The molecule has 0 aliphatic heterocycles. The number of hydrogen-bond donors (Lipinski definition) is 1. The van der Waals surface area contributed by atoms with Crippen LogP contribution in [0.5, 0.6) is 0 Å². The molecule has 0 aliphatic carbocycles. The number of benzene rings is 1. The Hall–Kier alpha value is -1.10. The number of nitrogens with one attached hydrogen (secondary N) is 1. The summed E-state index contributed by atoms with van der Waals surface area (Å²) < 4.78 is 12.1. The van der Waals surface area contributed by atoms with E-state index in [-0.39, 0.29) is 6.04 Å². The highest BCUT2D eigenvalue weighted by atomic mass is 79.9. The number of furan rings is 1. The monoisotopic (exact) mass is 337 g/mol. The lowest BCUT2D eigenvalue weighted by Gasteiger charge is -2.19. The zero-order valence-electron chi connectivity index (χ0n) is 12.1. The molecule has 0 amide bonds. The van der Waals surface area contributed by atoms with E-state index >= 15 is 0 Å². The van der Waals surface area contributed by atoms with Gasteiger partial charge in [0, 0.05) is 11.6 Å². The van der Waals surface area contributed by atoms with Crippen LogP contribution in [0.25, 0.3) is 0 Å². The molecule has 0 bridgehead atoms. The van der Waals surface area contributed by atoms with Crippen molar-refractivity contribution in [2.75, 3.05) is 13.7 Å². The van der Waals surface area contributed by atoms with Gasteiger partial charge < -0.3 is 14.5 Å². The fourth-order valence-corrected chi connectivity index (χ4v) is 2.66. The highest BCUT2D eigenvalue weighted by molar-refractivity contribution is 9.10. The average Bonchev–Trinajstić information content (AvgIpc) is 2.88. The smallest absolute Gasteiger partial charge is 0.129 e. The van der Waals surface area contributed by atoms with Gasteiger partial charge in [-0.15, -0.1) is 0 Å². The Morgan fingerprint density at radius 3 is 2.80 bits per heavy atom. The van der Waals surface area contributed by atoms with E-state index in [1.54, 1.807) is 7.11 Å². The summed E-state index contributed by atoms with van der Waals surface area (Å²) in [5.74, 6) is 1.76. The van der Waals surface area contributed by atoms with Crippen molar-refractivity contribution in [3.05, 3.63) is 57.5 Å². The summed E-state index contributed by atoms with van der Waals surface area (Å²) in [6.07, 6.45) is 0. The number of methoxy groups -OCH3 is 1. The lowest BCUT2D eigenvalue weighted by atomic mass is 9.99. The van der Waals surface area contributed by atoms with Gasteiger partial charge in [0.1, 0.15) is 18.1 Å². The second kappa shape index (κ2) is 7.07. The third-order valence-corrected chi connectivity index (χ3v) is 4.14. The lowest BCUT2D eigenvalue weighted by molar-refractivity contribution is 0.162. The van der Waals surface area contributed by atoms with Crippen LogP contribution in [0.15, 0.2) is 39.2 Å². The molecule has 1 unspecified atom stereocenters. The maximum Gasteiger partial charge on any atom is 0.129 e. The van der Waals surface area contributed by atoms with Gasteiger partial charge in [0.2, 0.25) is 0 Å². The number of ether oxygens (including phenoxy) is 1. The summed E-state index contributed by atoms with van der Waals surface area (Å²) >= 11 is 3.59. The van der Waals surface area contributed by atoms with Crippen molar-refractivity contribution < 1.29 is 9.15 Å². The van der Waals surface area contributed by atoms with E-state index in [1.807, 2.05) is 12.1 Å². The van der Waals surface area contributed by atoms with Crippen molar-refractivity contribution in [3.8, 4) is 0 Å². The van der Waals surface area contributed by atoms with Gasteiger partial charge in [-0.1, -0.05) is 35.0 Å². The molecule has 2 aromatic rings. The molecule has 0 saturated carbocycles. The van der Waals surface area contributed by atoms with Crippen LogP contribution in [-0.4, -0.2) is 13.7 Å². The molecular weight excluding hydrogens is 318 g/mol. The van der Waals surface area contributed by atoms with Crippen LogP contribution in [0.1, 0.15) is 35.6 Å². The molecule has 4 heteroatoms. The normalized spacial score (nSPS) is 12.6. The predicted octanol–water partition coefficient (Wildman–Crippen LogP) is 4.20. The van der Waals surface area contributed by atoms with E-state index in [9.17, 15) is 0 Å². The van der Waals surface area contributed by atoms with Crippen molar-refractivity contribution in [2.24, 2.45) is 0 Å². The maximum absolute atomic E-state index is 5.89. The summed E-state index contributed by atoms with van der Waals surface area (Å²) in [5.41, 5.74) is 2.45. The minimum atomic E-state index is 0.0584. The van der Waals surface area contributed by atoms with Gasteiger partial charge in [0.05, 0.1) is 6.04 Å². The summed E-state index contributed by atoms with van der Waals surface area (Å²) in [6.45, 7) is 5.58. The molecule has 3 nitrogen and oxygen atoms in total. The lowest BCUT2D eigenvalue weighted by Crippen LogP contribution is -2.22. The second-order valence-corrected chi connectivity index (χ2v) is 5.54. The largest absolute Gasteiger partial charge is 0.462 e. The maximum atomic E-state index is 5.89. The molecule has 20 heavy (non-hydrogen) atoms. The highest BCUT2D eigenvalue weighted by Gasteiger charge is 2.19. The first-order valence-electron chi connectivity index (χ1n) is 6.73. The standard InChI is InChI=1S/C16H20BrNO2/c1-4-18-16(13-6-5-7-14(17)11(13)2)15-9-8-12(20-15)10-19-3/h5-9,16,18H,4,10H2,1-3H3. The van der Waals surface area contributed by atoms with E-state index < -0.39 is 0 Å². The third kappa shape index (κ3) is 3.32. The summed E-state index contributed by atoms with van der Waals surface area (Å²) in [7, 11) is 1.67. The van der Waals surface area contributed by atoms with E-state index in [1.165, 1.54) is 11.1 Å². The van der Waals surface area contributed by atoms with E-state index in [0.717, 1.165) is 22.5 Å². The molecule has 1 N–H and O–H groups in total. The van der Waals surface area contributed by atoms with Crippen molar-refractivity contribution in [3.63, 3.8) is 0 Å². The predicted molar refractivity (Wildman–Crippen MR) is 83.8 cm³/mol. The first-order valence-corrected chi connectivity index (χ1v) is 7.52. The van der Waals surface area contributed by atoms with Crippen LogP contribution in [0, 0.1) is 6.92 Å². The quantitative estimate of drug-likeness (QED) is 0.857. The van der Waals surface area contributed by atoms with Gasteiger partial charge in [-0.2, -0.15) is 0 Å². The van der Waals surface area contributed by atoms with Crippen LogP contribution in [-0.2, 0) is 11.3 Å². The van der Waals surface area contributed by atoms with Crippen molar-refractivity contribution in [1.82, 2.24) is 5.32 Å². The number of rotatable bonds is 6. The molecule has 0 fully saturated rings. The molecule has 0 saturated heterocycles. The van der Waals surface area contributed by atoms with E-state index in [2.05, 4.69) is 53.3 Å². The van der Waals surface area contributed by atoms with Gasteiger partial charge in [-0.25, -0.2) is 0 Å². The number of hydrogen-bond acceptors (Lipinski definition) is 3.